The molecule has 3 atom stereocenters. The number of aromatic amines is 1. The number of hydrogen-bond acceptors (Lipinski definition) is 5. The Balaban J connectivity index is 0.00000226. The van der Waals surface area contributed by atoms with Gasteiger partial charge in [0.2, 0.25) is 0 Å². The first-order chi connectivity index (χ1) is 21.4. The van der Waals surface area contributed by atoms with E-state index in [0.29, 0.717) is 23.9 Å². The van der Waals surface area contributed by atoms with Crippen LogP contribution in [0.15, 0.2) is 45.7 Å². The smallest absolute Gasteiger partial charge is 0.438 e. The lowest BCUT2D eigenvalue weighted by Gasteiger charge is -2.30. The van der Waals surface area contributed by atoms with Crippen molar-refractivity contribution in [2.24, 2.45) is 17.3 Å². The Morgan fingerprint density at radius 3 is 2.44 bits per heavy atom. The Labute approximate surface area is 268 Å². The maximum atomic E-state index is 15.4. The Bertz CT molecular complexity index is 1500. The fourth-order valence-electron chi connectivity index (χ4n) is 6.83. The van der Waals surface area contributed by atoms with Gasteiger partial charge in [-0.05, 0) is 105 Å². The van der Waals surface area contributed by atoms with Crippen LogP contribution in [-0.4, -0.2) is 22.0 Å². The van der Waals surface area contributed by atoms with Crippen molar-refractivity contribution in [3.05, 3.63) is 69.7 Å². The van der Waals surface area contributed by atoms with E-state index >= 15 is 4.39 Å². The molecule has 2 aliphatic rings. The molecule has 0 bridgehead atoms. The van der Waals surface area contributed by atoms with Gasteiger partial charge in [-0.15, -0.1) is 0 Å². The third-order valence-corrected chi connectivity index (χ3v) is 10.2. The summed E-state index contributed by atoms with van der Waals surface area (Å²) >= 11 is 0. The molecule has 5 rings (SSSR count). The fourth-order valence-corrected chi connectivity index (χ4v) is 6.83. The molecule has 0 saturated heterocycles. The van der Waals surface area contributed by atoms with Crippen molar-refractivity contribution in [2.45, 2.75) is 131 Å². The average molecular weight is 621 g/mol. The van der Waals surface area contributed by atoms with Crippen LogP contribution >= 0.6 is 0 Å². The first kappa shape index (κ1) is 34.6. The predicted octanol–water partition coefficient (Wildman–Crippen LogP) is 9.76. The van der Waals surface area contributed by atoms with Gasteiger partial charge in [0.1, 0.15) is 17.3 Å². The number of carbonyl (C=O) groups is 1. The molecule has 0 aliphatic heterocycles. The Hall–Kier alpha value is -3.22. The molecule has 0 radical (unpaired) electrons. The topological polar surface area (TPSA) is 85.2 Å². The SMILES string of the molecule is CC.CCC(C)(C)C[C@H](C)C(=O)C[C@@H]1CC[C@@H](Oc2ccc(C(C)(C)c3noc(=O)[nH]3)cc2-c2cccc(F)c2C2CCC2)C1. The molecular weight excluding hydrogens is 567 g/mol. The first-order valence-corrected chi connectivity index (χ1v) is 17.1. The van der Waals surface area contributed by atoms with Crippen molar-refractivity contribution < 1.29 is 18.4 Å². The van der Waals surface area contributed by atoms with Crippen LogP contribution in [0.4, 0.5) is 4.39 Å². The normalized spacial score (nSPS) is 19.4. The number of benzene rings is 2. The number of hydrogen-bond donors (Lipinski definition) is 1. The average Bonchev–Trinajstić information content (AvgIpc) is 3.63. The van der Waals surface area contributed by atoms with E-state index < -0.39 is 11.2 Å². The zero-order chi connectivity index (χ0) is 32.9. The standard InChI is InChI=1S/C36H47FN2O4.C2H6/c1-7-35(3,4)21-22(2)30(40)19-23-14-16-26(18-23)42-31-17-15-25(36(5,6)33-38-34(41)43-39-33)20-28(31)27-12-9-13-29(37)32(27)24-10-8-11-24;1-2/h9,12-13,15,17,20,22-24,26H,7-8,10-11,14,16,18-19,21H2,1-6H3,(H,38,39,41);1-2H3/t22-,23+,26+;/m0./s1. The second-order valence-corrected chi connectivity index (χ2v) is 14.3. The molecule has 2 aliphatic carbocycles. The Morgan fingerprint density at radius 1 is 1.09 bits per heavy atom. The summed E-state index contributed by atoms with van der Waals surface area (Å²) in [4.78, 5) is 27.5. The van der Waals surface area contributed by atoms with E-state index in [1.54, 1.807) is 12.1 Å². The molecule has 2 aromatic carbocycles. The first-order valence-electron chi connectivity index (χ1n) is 17.1. The van der Waals surface area contributed by atoms with E-state index in [-0.39, 0.29) is 29.2 Å². The van der Waals surface area contributed by atoms with E-state index in [2.05, 4.69) is 37.8 Å². The monoisotopic (exact) mass is 620 g/mol. The minimum absolute atomic E-state index is 0.00888. The van der Waals surface area contributed by atoms with Crippen molar-refractivity contribution in [2.75, 3.05) is 0 Å². The summed E-state index contributed by atoms with van der Waals surface area (Å²) in [5, 5.41) is 3.96. The molecule has 3 aromatic rings. The zero-order valence-corrected chi connectivity index (χ0v) is 28.6. The van der Waals surface area contributed by atoms with Gasteiger partial charge in [0.05, 0.1) is 11.5 Å². The van der Waals surface area contributed by atoms with E-state index in [1.165, 1.54) is 0 Å². The van der Waals surface area contributed by atoms with Gasteiger partial charge in [0.15, 0.2) is 5.82 Å². The lowest BCUT2D eigenvalue weighted by Crippen LogP contribution is -2.23. The molecule has 2 fully saturated rings. The fraction of sp³-hybridized carbons (Fsp3) is 0.605. The minimum Gasteiger partial charge on any atom is -0.490 e. The molecule has 0 amide bonds. The van der Waals surface area contributed by atoms with Crippen molar-refractivity contribution in [1.82, 2.24) is 10.1 Å². The summed E-state index contributed by atoms with van der Waals surface area (Å²) in [6.45, 7) is 16.7. The van der Waals surface area contributed by atoms with Crippen LogP contribution in [0.5, 0.6) is 5.75 Å². The molecule has 246 valence electrons. The van der Waals surface area contributed by atoms with Gasteiger partial charge in [-0.3, -0.25) is 14.3 Å². The number of nitrogens with zero attached hydrogens (tertiary/aromatic N) is 1. The van der Waals surface area contributed by atoms with Gasteiger partial charge in [-0.25, -0.2) is 9.18 Å². The van der Waals surface area contributed by atoms with Crippen LogP contribution in [0.25, 0.3) is 11.1 Å². The Kier molecular flexibility index (Phi) is 11.1. The highest BCUT2D eigenvalue weighted by atomic mass is 19.1. The summed E-state index contributed by atoms with van der Waals surface area (Å²) in [6.07, 6.45) is 8.31. The summed E-state index contributed by atoms with van der Waals surface area (Å²) in [5.41, 5.74) is 2.86. The Morgan fingerprint density at radius 2 is 1.82 bits per heavy atom. The molecule has 2 saturated carbocycles. The highest BCUT2D eigenvalue weighted by Crippen LogP contribution is 2.46. The van der Waals surface area contributed by atoms with Crippen LogP contribution < -0.4 is 10.5 Å². The maximum Gasteiger partial charge on any atom is 0.438 e. The molecule has 1 heterocycles. The van der Waals surface area contributed by atoms with Gasteiger partial charge >= 0.3 is 5.76 Å². The summed E-state index contributed by atoms with van der Waals surface area (Å²) in [6, 6.07) is 11.3. The van der Waals surface area contributed by atoms with Gasteiger partial charge in [0, 0.05) is 17.9 Å². The largest absolute Gasteiger partial charge is 0.490 e. The highest BCUT2D eigenvalue weighted by molar-refractivity contribution is 5.81. The molecule has 1 N–H and O–H groups in total. The number of H-pyrrole nitrogens is 1. The van der Waals surface area contributed by atoms with E-state index in [9.17, 15) is 9.59 Å². The summed E-state index contributed by atoms with van der Waals surface area (Å²) in [5.74, 6) is 1.29. The quantitative estimate of drug-likeness (QED) is 0.218. The number of ketones is 1. The lowest BCUT2D eigenvalue weighted by atomic mass is 9.76. The van der Waals surface area contributed by atoms with Gasteiger partial charge in [-0.1, -0.05) is 77.7 Å². The van der Waals surface area contributed by atoms with E-state index in [1.807, 2.05) is 52.0 Å². The van der Waals surface area contributed by atoms with Gasteiger partial charge < -0.3 is 4.74 Å². The second-order valence-electron chi connectivity index (χ2n) is 14.3. The van der Waals surface area contributed by atoms with Crippen LogP contribution in [0, 0.1) is 23.1 Å². The second kappa shape index (κ2) is 14.5. The number of ether oxygens (including phenoxy) is 1. The molecule has 0 spiro atoms. The van der Waals surface area contributed by atoms with Crippen LogP contribution in [-0.2, 0) is 10.2 Å². The molecule has 7 heteroatoms. The number of Topliss-reactive ketones (excluding diaryl/α,β-unsaturated/α-hetero) is 1. The predicted molar refractivity (Wildman–Crippen MR) is 178 cm³/mol. The summed E-state index contributed by atoms with van der Waals surface area (Å²) in [7, 11) is 0. The lowest BCUT2D eigenvalue weighted by molar-refractivity contribution is -0.124. The molecule has 0 unspecified atom stereocenters. The highest BCUT2D eigenvalue weighted by Gasteiger charge is 2.34. The zero-order valence-electron chi connectivity index (χ0n) is 28.6. The van der Waals surface area contributed by atoms with Crippen molar-refractivity contribution in [1.29, 1.82) is 0 Å². The van der Waals surface area contributed by atoms with Gasteiger partial charge in [0.25, 0.3) is 0 Å². The number of rotatable bonds is 12. The minimum atomic E-state index is -0.661. The summed E-state index contributed by atoms with van der Waals surface area (Å²) < 4.78 is 26.9. The van der Waals surface area contributed by atoms with Gasteiger partial charge in [-0.2, -0.15) is 0 Å². The van der Waals surface area contributed by atoms with Crippen LogP contribution in [0.3, 0.4) is 0 Å². The van der Waals surface area contributed by atoms with Crippen molar-refractivity contribution in [3.8, 4) is 16.9 Å². The number of halogens is 1. The van der Waals surface area contributed by atoms with Crippen molar-refractivity contribution >= 4 is 5.78 Å². The number of nitrogens with one attached hydrogen (secondary N) is 1. The van der Waals surface area contributed by atoms with Crippen LogP contribution in [0.1, 0.15) is 136 Å². The molecular formula is C38H53FN2O4. The van der Waals surface area contributed by atoms with Crippen LogP contribution in [0.2, 0.25) is 0 Å². The molecule has 1 aromatic heterocycles. The third-order valence-electron chi connectivity index (χ3n) is 10.2. The van der Waals surface area contributed by atoms with Crippen molar-refractivity contribution in [3.63, 3.8) is 0 Å². The van der Waals surface area contributed by atoms with E-state index in [4.69, 9.17) is 9.26 Å². The molecule has 6 nitrogen and oxygen atoms in total. The number of carbonyl (C=O) groups excluding carboxylic acids is 1. The number of aromatic nitrogens is 2. The maximum absolute atomic E-state index is 15.4. The van der Waals surface area contributed by atoms with E-state index in [0.717, 1.165) is 79.4 Å². The molecule has 45 heavy (non-hydrogen) atoms. The third kappa shape index (κ3) is 7.96.